The monoisotopic (exact) mass is 251 g/mol. The van der Waals surface area contributed by atoms with Gasteiger partial charge in [0.05, 0.1) is 0 Å². The molecule has 2 rings (SSSR count). The van der Waals surface area contributed by atoms with E-state index >= 15 is 0 Å². The molecule has 1 aromatic rings. The topological polar surface area (TPSA) is 23.5 Å². The third-order valence-electron chi connectivity index (χ3n) is 3.87. The summed E-state index contributed by atoms with van der Waals surface area (Å²) in [6.07, 6.45) is 4.40. The standard InChI is InChI=1S/C15H22FNO/c1-12-10-14(16)7-6-13(12)11-17-8-2-4-15(17)5-3-9-18/h6-7,10,15,18H,2-5,8-9,11H2,1H3. The first-order valence-electron chi connectivity index (χ1n) is 6.80. The molecule has 0 amide bonds. The molecule has 1 atom stereocenters. The molecule has 0 spiro atoms. The van der Waals surface area contributed by atoms with E-state index < -0.39 is 0 Å². The number of halogens is 1. The van der Waals surface area contributed by atoms with E-state index in [2.05, 4.69) is 4.90 Å². The molecule has 0 aliphatic carbocycles. The van der Waals surface area contributed by atoms with Crippen molar-refractivity contribution in [1.82, 2.24) is 4.90 Å². The predicted molar refractivity (Wildman–Crippen MR) is 70.9 cm³/mol. The molecule has 1 aliphatic rings. The van der Waals surface area contributed by atoms with Crippen molar-refractivity contribution in [3.05, 3.63) is 35.1 Å². The minimum absolute atomic E-state index is 0.158. The summed E-state index contributed by atoms with van der Waals surface area (Å²) in [6.45, 7) is 4.27. The Balaban J connectivity index is 1.99. The van der Waals surface area contributed by atoms with Gasteiger partial charge in [0, 0.05) is 19.2 Å². The third-order valence-corrected chi connectivity index (χ3v) is 3.87. The Bertz CT molecular complexity index is 394. The second-order valence-corrected chi connectivity index (χ2v) is 5.20. The third kappa shape index (κ3) is 3.30. The van der Waals surface area contributed by atoms with Gasteiger partial charge in [0.25, 0.3) is 0 Å². The van der Waals surface area contributed by atoms with Gasteiger partial charge in [-0.1, -0.05) is 6.07 Å². The van der Waals surface area contributed by atoms with Crippen LogP contribution >= 0.6 is 0 Å². The molecule has 1 heterocycles. The van der Waals surface area contributed by atoms with Gasteiger partial charge in [0.15, 0.2) is 0 Å². The summed E-state index contributed by atoms with van der Waals surface area (Å²) >= 11 is 0. The Morgan fingerprint density at radius 2 is 2.28 bits per heavy atom. The zero-order valence-corrected chi connectivity index (χ0v) is 11.0. The maximum absolute atomic E-state index is 13.1. The van der Waals surface area contributed by atoms with Gasteiger partial charge in [0.2, 0.25) is 0 Å². The highest BCUT2D eigenvalue weighted by atomic mass is 19.1. The summed E-state index contributed by atoms with van der Waals surface area (Å²) in [5.74, 6) is -0.158. The van der Waals surface area contributed by atoms with Crippen LogP contribution in [0.2, 0.25) is 0 Å². The van der Waals surface area contributed by atoms with Gasteiger partial charge in [-0.05, 0) is 62.4 Å². The molecule has 2 nitrogen and oxygen atoms in total. The molecule has 1 unspecified atom stereocenters. The molecule has 1 aliphatic heterocycles. The number of aliphatic hydroxyl groups is 1. The van der Waals surface area contributed by atoms with Gasteiger partial charge in [-0.3, -0.25) is 4.90 Å². The summed E-state index contributed by atoms with van der Waals surface area (Å²) in [6, 6.07) is 5.63. The molecular weight excluding hydrogens is 229 g/mol. The summed E-state index contributed by atoms with van der Waals surface area (Å²) in [5, 5.41) is 8.92. The van der Waals surface area contributed by atoms with E-state index in [9.17, 15) is 4.39 Å². The Morgan fingerprint density at radius 3 is 3.00 bits per heavy atom. The zero-order valence-electron chi connectivity index (χ0n) is 11.0. The number of hydrogen-bond donors (Lipinski definition) is 1. The number of hydrogen-bond acceptors (Lipinski definition) is 2. The Kier molecular flexibility index (Phi) is 4.72. The summed E-state index contributed by atoms with van der Waals surface area (Å²) < 4.78 is 13.1. The largest absolute Gasteiger partial charge is 0.396 e. The van der Waals surface area contributed by atoms with Gasteiger partial charge in [-0.25, -0.2) is 4.39 Å². The van der Waals surface area contributed by atoms with Crippen LogP contribution in [0.3, 0.4) is 0 Å². The van der Waals surface area contributed by atoms with Crippen molar-refractivity contribution in [1.29, 1.82) is 0 Å². The molecule has 0 bridgehead atoms. The van der Waals surface area contributed by atoms with Crippen molar-refractivity contribution < 1.29 is 9.50 Å². The molecule has 1 aromatic carbocycles. The quantitative estimate of drug-likeness (QED) is 0.870. The average Bonchev–Trinajstić information content (AvgIpc) is 2.77. The summed E-state index contributed by atoms with van der Waals surface area (Å²) in [5.41, 5.74) is 2.25. The lowest BCUT2D eigenvalue weighted by Crippen LogP contribution is -2.29. The lowest BCUT2D eigenvalue weighted by Gasteiger charge is -2.25. The highest BCUT2D eigenvalue weighted by Gasteiger charge is 2.24. The molecule has 3 heteroatoms. The maximum Gasteiger partial charge on any atom is 0.123 e. The molecular formula is C15H22FNO. The highest BCUT2D eigenvalue weighted by Crippen LogP contribution is 2.24. The van der Waals surface area contributed by atoms with E-state index in [0.717, 1.165) is 31.5 Å². The number of benzene rings is 1. The van der Waals surface area contributed by atoms with Crippen LogP contribution in [-0.4, -0.2) is 29.2 Å². The highest BCUT2D eigenvalue weighted by molar-refractivity contribution is 5.26. The Hall–Kier alpha value is -0.930. The van der Waals surface area contributed by atoms with Crippen LogP contribution in [0.1, 0.15) is 36.8 Å². The van der Waals surface area contributed by atoms with Crippen LogP contribution in [0.25, 0.3) is 0 Å². The zero-order chi connectivity index (χ0) is 13.0. The fraction of sp³-hybridized carbons (Fsp3) is 0.600. The molecule has 1 fully saturated rings. The van der Waals surface area contributed by atoms with Crippen LogP contribution in [0.5, 0.6) is 0 Å². The molecule has 0 saturated carbocycles. The number of likely N-dealkylation sites (tertiary alicyclic amines) is 1. The lowest BCUT2D eigenvalue weighted by molar-refractivity contribution is 0.210. The number of rotatable bonds is 5. The number of nitrogens with zero attached hydrogens (tertiary/aromatic N) is 1. The first kappa shape index (κ1) is 13.5. The number of aliphatic hydroxyl groups excluding tert-OH is 1. The van der Waals surface area contributed by atoms with E-state index in [1.165, 1.54) is 18.4 Å². The minimum Gasteiger partial charge on any atom is -0.396 e. The van der Waals surface area contributed by atoms with Gasteiger partial charge < -0.3 is 5.11 Å². The Morgan fingerprint density at radius 1 is 1.44 bits per heavy atom. The summed E-state index contributed by atoms with van der Waals surface area (Å²) in [7, 11) is 0. The molecule has 0 aromatic heterocycles. The van der Waals surface area contributed by atoms with Crippen molar-refractivity contribution in [2.75, 3.05) is 13.2 Å². The first-order chi connectivity index (χ1) is 8.70. The van der Waals surface area contributed by atoms with Crippen molar-refractivity contribution in [2.24, 2.45) is 0 Å². The molecule has 18 heavy (non-hydrogen) atoms. The fourth-order valence-electron chi connectivity index (χ4n) is 2.81. The summed E-state index contributed by atoms with van der Waals surface area (Å²) in [4.78, 5) is 2.47. The first-order valence-corrected chi connectivity index (χ1v) is 6.80. The molecule has 1 N–H and O–H groups in total. The SMILES string of the molecule is Cc1cc(F)ccc1CN1CCCC1CCCO. The Labute approximate surface area is 108 Å². The smallest absolute Gasteiger partial charge is 0.123 e. The second-order valence-electron chi connectivity index (χ2n) is 5.20. The molecule has 1 saturated heterocycles. The predicted octanol–water partition coefficient (Wildman–Crippen LogP) is 2.87. The van der Waals surface area contributed by atoms with Crippen LogP contribution in [0.4, 0.5) is 4.39 Å². The van der Waals surface area contributed by atoms with Crippen LogP contribution in [-0.2, 0) is 6.54 Å². The average molecular weight is 251 g/mol. The normalized spacial score (nSPS) is 20.5. The van der Waals surface area contributed by atoms with E-state index in [0.29, 0.717) is 6.04 Å². The van der Waals surface area contributed by atoms with Gasteiger partial charge >= 0.3 is 0 Å². The van der Waals surface area contributed by atoms with Crippen molar-refractivity contribution in [3.8, 4) is 0 Å². The number of aryl methyl sites for hydroxylation is 1. The van der Waals surface area contributed by atoms with Crippen molar-refractivity contribution in [2.45, 2.75) is 45.2 Å². The lowest BCUT2D eigenvalue weighted by atomic mass is 10.1. The van der Waals surface area contributed by atoms with Crippen LogP contribution in [0, 0.1) is 12.7 Å². The second kappa shape index (κ2) is 6.30. The van der Waals surface area contributed by atoms with E-state index in [-0.39, 0.29) is 12.4 Å². The van der Waals surface area contributed by atoms with Crippen molar-refractivity contribution in [3.63, 3.8) is 0 Å². The molecule has 0 radical (unpaired) electrons. The van der Waals surface area contributed by atoms with Crippen molar-refractivity contribution >= 4 is 0 Å². The van der Waals surface area contributed by atoms with E-state index in [1.54, 1.807) is 12.1 Å². The van der Waals surface area contributed by atoms with E-state index in [4.69, 9.17) is 5.11 Å². The van der Waals surface area contributed by atoms with Crippen LogP contribution < -0.4 is 0 Å². The van der Waals surface area contributed by atoms with Gasteiger partial charge in [-0.15, -0.1) is 0 Å². The minimum atomic E-state index is -0.158. The van der Waals surface area contributed by atoms with E-state index in [1.807, 2.05) is 13.0 Å². The molecule has 100 valence electrons. The van der Waals surface area contributed by atoms with Crippen LogP contribution in [0.15, 0.2) is 18.2 Å². The fourth-order valence-corrected chi connectivity index (χ4v) is 2.81. The van der Waals surface area contributed by atoms with Gasteiger partial charge in [-0.2, -0.15) is 0 Å². The maximum atomic E-state index is 13.1. The van der Waals surface area contributed by atoms with Gasteiger partial charge in [0.1, 0.15) is 5.82 Å².